The first kappa shape index (κ1) is 14.1. The normalized spacial score (nSPS) is 34.7. The van der Waals surface area contributed by atoms with E-state index in [4.69, 9.17) is 0 Å². The molecule has 1 aromatic carbocycles. The fourth-order valence-electron chi connectivity index (χ4n) is 3.86. The average Bonchev–Trinajstić information content (AvgIpc) is 3.02. The lowest BCUT2D eigenvalue weighted by Gasteiger charge is -2.24. The molecule has 0 spiro atoms. The Bertz CT molecular complexity index is 417. The number of nitrogens with one attached hydrogen (secondary N) is 1. The minimum atomic E-state index is 0.705. The Morgan fingerprint density at radius 2 is 1.90 bits per heavy atom. The van der Waals surface area contributed by atoms with Crippen LogP contribution in [-0.2, 0) is 6.54 Å². The van der Waals surface area contributed by atoms with Gasteiger partial charge < -0.3 is 5.32 Å². The smallest absolute Gasteiger partial charge is 0.0234 e. The summed E-state index contributed by atoms with van der Waals surface area (Å²) in [6.07, 6.45) is 4.08. The molecular weight excluding hydrogens is 244 g/mol. The molecule has 0 bridgehead atoms. The second-order valence-corrected chi connectivity index (χ2v) is 6.89. The third-order valence-corrected chi connectivity index (χ3v) is 5.44. The van der Waals surface area contributed by atoms with E-state index in [0.29, 0.717) is 6.04 Å². The molecule has 2 nitrogen and oxygen atoms in total. The molecule has 20 heavy (non-hydrogen) atoms. The highest BCUT2D eigenvalue weighted by molar-refractivity contribution is 5.14. The van der Waals surface area contributed by atoms with Gasteiger partial charge in [0.1, 0.15) is 0 Å². The van der Waals surface area contributed by atoms with Crippen LogP contribution < -0.4 is 5.32 Å². The molecule has 1 aliphatic carbocycles. The fraction of sp³-hybridized carbons (Fsp3) is 0.667. The zero-order valence-corrected chi connectivity index (χ0v) is 12.9. The number of likely N-dealkylation sites (tertiary alicyclic amines) is 1. The zero-order chi connectivity index (χ0) is 13.9. The van der Waals surface area contributed by atoms with E-state index in [0.717, 1.165) is 24.4 Å². The lowest BCUT2D eigenvalue weighted by Crippen LogP contribution is -2.41. The quantitative estimate of drug-likeness (QED) is 0.905. The third-order valence-electron chi connectivity index (χ3n) is 5.44. The molecule has 1 heterocycles. The molecule has 1 saturated carbocycles. The Hall–Kier alpha value is -0.860. The van der Waals surface area contributed by atoms with Crippen LogP contribution in [0.15, 0.2) is 30.3 Å². The van der Waals surface area contributed by atoms with Crippen molar-refractivity contribution in [3.8, 4) is 0 Å². The molecule has 0 amide bonds. The Morgan fingerprint density at radius 3 is 2.60 bits per heavy atom. The van der Waals surface area contributed by atoms with Crippen molar-refractivity contribution in [2.45, 2.75) is 51.7 Å². The van der Waals surface area contributed by atoms with E-state index in [1.807, 2.05) is 0 Å². The third kappa shape index (κ3) is 3.24. The monoisotopic (exact) mass is 272 g/mol. The van der Waals surface area contributed by atoms with E-state index in [-0.39, 0.29) is 0 Å². The lowest BCUT2D eigenvalue weighted by atomic mass is 9.97. The highest BCUT2D eigenvalue weighted by atomic mass is 15.2. The summed E-state index contributed by atoms with van der Waals surface area (Å²) in [5.74, 6) is 1.74. The van der Waals surface area contributed by atoms with Crippen molar-refractivity contribution in [3.05, 3.63) is 35.9 Å². The van der Waals surface area contributed by atoms with Gasteiger partial charge in [-0.2, -0.15) is 0 Å². The van der Waals surface area contributed by atoms with Gasteiger partial charge in [-0.1, -0.05) is 44.2 Å². The largest absolute Gasteiger partial charge is 0.310 e. The van der Waals surface area contributed by atoms with Crippen molar-refractivity contribution in [2.24, 2.45) is 11.8 Å². The van der Waals surface area contributed by atoms with Gasteiger partial charge in [0.25, 0.3) is 0 Å². The van der Waals surface area contributed by atoms with Crippen molar-refractivity contribution in [2.75, 3.05) is 13.1 Å². The minimum absolute atomic E-state index is 0.705. The summed E-state index contributed by atoms with van der Waals surface area (Å²) in [5, 5.41) is 3.93. The van der Waals surface area contributed by atoms with Crippen LogP contribution in [0, 0.1) is 11.8 Å². The number of hydrogen-bond donors (Lipinski definition) is 1. The highest BCUT2D eigenvalue weighted by Crippen LogP contribution is 2.32. The van der Waals surface area contributed by atoms with E-state index in [1.165, 1.54) is 37.9 Å². The second-order valence-electron chi connectivity index (χ2n) is 6.89. The topological polar surface area (TPSA) is 15.3 Å². The first-order valence-corrected chi connectivity index (χ1v) is 8.24. The van der Waals surface area contributed by atoms with E-state index in [1.54, 1.807) is 0 Å². The molecular formula is C18H28N2. The molecule has 2 heteroatoms. The summed E-state index contributed by atoms with van der Waals surface area (Å²) in [6, 6.07) is 12.3. The molecule has 2 fully saturated rings. The number of nitrogens with zero attached hydrogens (tertiary/aromatic N) is 1. The SMILES string of the molecule is CC1CCC(NC2CCN(Cc3ccccc3)C2)C1C. The van der Waals surface area contributed by atoms with Gasteiger partial charge in [0.15, 0.2) is 0 Å². The molecule has 0 aromatic heterocycles. The Kier molecular flexibility index (Phi) is 4.42. The highest BCUT2D eigenvalue weighted by Gasteiger charge is 2.32. The van der Waals surface area contributed by atoms with Crippen LogP contribution in [0.25, 0.3) is 0 Å². The van der Waals surface area contributed by atoms with Gasteiger partial charge in [-0.3, -0.25) is 4.90 Å². The summed E-state index contributed by atoms with van der Waals surface area (Å²) in [7, 11) is 0. The summed E-state index contributed by atoms with van der Waals surface area (Å²) in [6.45, 7) is 8.39. The second kappa shape index (κ2) is 6.28. The van der Waals surface area contributed by atoms with Crippen LogP contribution in [-0.4, -0.2) is 30.1 Å². The first-order chi connectivity index (χ1) is 9.72. The van der Waals surface area contributed by atoms with E-state index in [9.17, 15) is 0 Å². The molecule has 110 valence electrons. The molecule has 1 N–H and O–H groups in total. The van der Waals surface area contributed by atoms with E-state index < -0.39 is 0 Å². The fourth-order valence-corrected chi connectivity index (χ4v) is 3.86. The number of rotatable bonds is 4. The van der Waals surface area contributed by atoms with Gasteiger partial charge in [-0.05, 0) is 36.7 Å². The predicted octanol–water partition coefficient (Wildman–Crippen LogP) is 3.29. The molecule has 2 aliphatic rings. The molecule has 4 atom stereocenters. The van der Waals surface area contributed by atoms with E-state index >= 15 is 0 Å². The van der Waals surface area contributed by atoms with Crippen molar-refractivity contribution >= 4 is 0 Å². The summed E-state index contributed by atoms with van der Waals surface area (Å²) >= 11 is 0. The van der Waals surface area contributed by atoms with Gasteiger partial charge in [-0.25, -0.2) is 0 Å². The molecule has 0 radical (unpaired) electrons. The maximum atomic E-state index is 3.93. The minimum Gasteiger partial charge on any atom is -0.310 e. The van der Waals surface area contributed by atoms with Gasteiger partial charge in [0, 0.05) is 31.7 Å². The maximum absolute atomic E-state index is 3.93. The van der Waals surface area contributed by atoms with Crippen molar-refractivity contribution in [1.82, 2.24) is 10.2 Å². The van der Waals surface area contributed by atoms with Gasteiger partial charge in [0.2, 0.25) is 0 Å². The first-order valence-electron chi connectivity index (χ1n) is 8.24. The molecule has 1 aliphatic heterocycles. The molecule has 3 rings (SSSR count). The van der Waals surface area contributed by atoms with Gasteiger partial charge in [0.05, 0.1) is 0 Å². The van der Waals surface area contributed by atoms with Gasteiger partial charge >= 0.3 is 0 Å². The van der Waals surface area contributed by atoms with E-state index in [2.05, 4.69) is 54.4 Å². The van der Waals surface area contributed by atoms with Crippen LogP contribution in [0.4, 0.5) is 0 Å². The molecule has 1 saturated heterocycles. The number of benzene rings is 1. The summed E-state index contributed by atoms with van der Waals surface area (Å²) in [5.41, 5.74) is 1.44. The van der Waals surface area contributed by atoms with Crippen molar-refractivity contribution < 1.29 is 0 Å². The standard InChI is InChI=1S/C18H28N2/c1-14-8-9-18(15(14)2)19-17-10-11-20(13-17)12-16-6-4-3-5-7-16/h3-7,14-15,17-19H,8-13H2,1-2H3. The van der Waals surface area contributed by atoms with Crippen LogP contribution in [0.2, 0.25) is 0 Å². The van der Waals surface area contributed by atoms with Crippen LogP contribution >= 0.6 is 0 Å². The molecule has 1 aromatic rings. The predicted molar refractivity (Wildman–Crippen MR) is 84.6 cm³/mol. The lowest BCUT2D eigenvalue weighted by molar-refractivity contribution is 0.299. The average molecular weight is 272 g/mol. The Labute approximate surface area is 123 Å². The summed E-state index contributed by atoms with van der Waals surface area (Å²) in [4.78, 5) is 2.59. The van der Waals surface area contributed by atoms with Crippen LogP contribution in [0.5, 0.6) is 0 Å². The Balaban J connectivity index is 1.48. The zero-order valence-electron chi connectivity index (χ0n) is 12.9. The van der Waals surface area contributed by atoms with Crippen molar-refractivity contribution in [3.63, 3.8) is 0 Å². The van der Waals surface area contributed by atoms with Crippen LogP contribution in [0.1, 0.15) is 38.7 Å². The van der Waals surface area contributed by atoms with Gasteiger partial charge in [-0.15, -0.1) is 0 Å². The summed E-state index contributed by atoms with van der Waals surface area (Å²) < 4.78 is 0. The Morgan fingerprint density at radius 1 is 1.10 bits per heavy atom. The molecule has 4 unspecified atom stereocenters. The number of hydrogen-bond acceptors (Lipinski definition) is 2. The van der Waals surface area contributed by atoms with Crippen molar-refractivity contribution in [1.29, 1.82) is 0 Å². The van der Waals surface area contributed by atoms with Crippen LogP contribution in [0.3, 0.4) is 0 Å². The maximum Gasteiger partial charge on any atom is 0.0234 e.